The number of amides is 2. The first kappa shape index (κ1) is 16.0. The number of likely N-dealkylation sites (N-methyl/N-ethyl adjacent to an activating group) is 2. The van der Waals surface area contributed by atoms with Crippen LogP contribution < -0.4 is 5.73 Å². The SMILES string of the molecule is CN(C)C(=O)CN(C)C(=O)C(N)Cc1ccc(O)cc1. The molecule has 1 aromatic carbocycles. The minimum Gasteiger partial charge on any atom is -0.508 e. The average Bonchev–Trinajstić information content (AvgIpc) is 2.40. The Morgan fingerprint density at radius 2 is 1.75 bits per heavy atom. The second-order valence-electron chi connectivity index (χ2n) is 4.96. The third-order valence-corrected chi connectivity index (χ3v) is 2.96. The molecule has 0 fully saturated rings. The summed E-state index contributed by atoms with van der Waals surface area (Å²) in [5, 5.41) is 9.19. The molecule has 2 amide bonds. The fourth-order valence-corrected chi connectivity index (χ4v) is 1.68. The molecule has 0 spiro atoms. The van der Waals surface area contributed by atoms with E-state index in [0.717, 1.165) is 5.56 Å². The first-order valence-electron chi connectivity index (χ1n) is 6.30. The van der Waals surface area contributed by atoms with Gasteiger partial charge in [0.1, 0.15) is 5.75 Å². The zero-order chi connectivity index (χ0) is 15.3. The Morgan fingerprint density at radius 3 is 2.25 bits per heavy atom. The molecule has 0 aliphatic rings. The van der Waals surface area contributed by atoms with Crippen molar-refractivity contribution in [2.24, 2.45) is 5.73 Å². The maximum Gasteiger partial charge on any atom is 0.241 e. The number of benzene rings is 1. The van der Waals surface area contributed by atoms with Crippen LogP contribution >= 0.6 is 0 Å². The van der Waals surface area contributed by atoms with Crippen molar-refractivity contribution in [1.29, 1.82) is 0 Å². The molecule has 0 heterocycles. The number of nitrogens with zero attached hydrogens (tertiary/aromatic N) is 2. The van der Waals surface area contributed by atoms with Gasteiger partial charge >= 0.3 is 0 Å². The number of hydrogen-bond donors (Lipinski definition) is 2. The van der Waals surface area contributed by atoms with E-state index in [4.69, 9.17) is 5.73 Å². The highest BCUT2D eigenvalue weighted by Crippen LogP contribution is 2.11. The van der Waals surface area contributed by atoms with Crippen LogP contribution in [0.15, 0.2) is 24.3 Å². The van der Waals surface area contributed by atoms with E-state index in [9.17, 15) is 14.7 Å². The van der Waals surface area contributed by atoms with E-state index in [2.05, 4.69) is 0 Å². The van der Waals surface area contributed by atoms with Crippen LogP contribution in [0.1, 0.15) is 5.56 Å². The summed E-state index contributed by atoms with van der Waals surface area (Å²) in [5.41, 5.74) is 6.72. The van der Waals surface area contributed by atoms with Gasteiger partial charge in [-0.1, -0.05) is 12.1 Å². The van der Waals surface area contributed by atoms with Gasteiger partial charge in [-0.25, -0.2) is 0 Å². The number of hydrogen-bond acceptors (Lipinski definition) is 4. The zero-order valence-corrected chi connectivity index (χ0v) is 12.0. The van der Waals surface area contributed by atoms with Crippen LogP contribution in [0, 0.1) is 0 Å². The van der Waals surface area contributed by atoms with Crippen molar-refractivity contribution in [3.05, 3.63) is 29.8 Å². The predicted molar refractivity (Wildman–Crippen MR) is 76.1 cm³/mol. The van der Waals surface area contributed by atoms with Crippen molar-refractivity contribution >= 4 is 11.8 Å². The number of carbonyl (C=O) groups is 2. The molecule has 0 aliphatic carbocycles. The van der Waals surface area contributed by atoms with Gasteiger partial charge in [0.2, 0.25) is 11.8 Å². The van der Waals surface area contributed by atoms with Gasteiger partial charge in [0.05, 0.1) is 12.6 Å². The average molecular weight is 279 g/mol. The van der Waals surface area contributed by atoms with Crippen molar-refractivity contribution in [3.63, 3.8) is 0 Å². The lowest BCUT2D eigenvalue weighted by molar-refractivity contribution is -0.138. The highest BCUT2D eigenvalue weighted by Gasteiger charge is 2.20. The minimum absolute atomic E-state index is 0.00904. The Balaban J connectivity index is 2.58. The topological polar surface area (TPSA) is 86.9 Å². The summed E-state index contributed by atoms with van der Waals surface area (Å²) in [7, 11) is 4.83. The van der Waals surface area contributed by atoms with Crippen molar-refractivity contribution in [2.75, 3.05) is 27.7 Å². The lowest BCUT2D eigenvalue weighted by Crippen LogP contribution is -2.46. The number of carbonyl (C=O) groups excluding carboxylic acids is 2. The fraction of sp³-hybridized carbons (Fsp3) is 0.429. The second kappa shape index (κ2) is 6.91. The largest absolute Gasteiger partial charge is 0.508 e. The summed E-state index contributed by atoms with van der Waals surface area (Å²) in [6.45, 7) is 0.00904. The molecule has 1 unspecified atom stereocenters. The van der Waals surface area contributed by atoms with Gasteiger partial charge < -0.3 is 20.6 Å². The van der Waals surface area contributed by atoms with Gasteiger partial charge in [0.25, 0.3) is 0 Å². The molecule has 0 aromatic heterocycles. The summed E-state index contributed by atoms with van der Waals surface area (Å²) in [6.07, 6.45) is 0.361. The molecule has 110 valence electrons. The van der Waals surface area contributed by atoms with Crippen LogP contribution in [0.25, 0.3) is 0 Å². The van der Waals surface area contributed by atoms with E-state index in [-0.39, 0.29) is 24.1 Å². The number of aromatic hydroxyl groups is 1. The molecule has 0 radical (unpaired) electrons. The first-order chi connectivity index (χ1) is 9.31. The van der Waals surface area contributed by atoms with E-state index in [0.29, 0.717) is 6.42 Å². The van der Waals surface area contributed by atoms with Gasteiger partial charge in [0.15, 0.2) is 0 Å². The molecule has 1 aromatic rings. The molecule has 3 N–H and O–H groups in total. The molecular formula is C14H21N3O3. The first-order valence-corrected chi connectivity index (χ1v) is 6.30. The number of rotatable bonds is 5. The Labute approximate surface area is 118 Å². The van der Waals surface area contributed by atoms with E-state index in [1.54, 1.807) is 45.4 Å². The van der Waals surface area contributed by atoms with Gasteiger partial charge in [-0.2, -0.15) is 0 Å². The molecular weight excluding hydrogens is 258 g/mol. The second-order valence-corrected chi connectivity index (χ2v) is 4.96. The maximum absolute atomic E-state index is 12.1. The van der Waals surface area contributed by atoms with Crippen LogP contribution in [0.4, 0.5) is 0 Å². The molecule has 0 aliphatic heterocycles. The quantitative estimate of drug-likeness (QED) is 0.782. The lowest BCUT2D eigenvalue weighted by Gasteiger charge is -2.22. The van der Waals surface area contributed by atoms with Crippen molar-refractivity contribution in [3.8, 4) is 5.75 Å². The van der Waals surface area contributed by atoms with Crippen molar-refractivity contribution in [1.82, 2.24) is 9.80 Å². The normalized spacial score (nSPS) is 11.8. The van der Waals surface area contributed by atoms with E-state index in [1.165, 1.54) is 9.80 Å². The Morgan fingerprint density at radius 1 is 1.20 bits per heavy atom. The third kappa shape index (κ3) is 4.55. The van der Waals surface area contributed by atoms with Crippen LogP contribution in [0.5, 0.6) is 5.75 Å². The summed E-state index contributed by atoms with van der Waals surface area (Å²) in [6, 6.07) is 5.82. The lowest BCUT2D eigenvalue weighted by atomic mass is 10.1. The van der Waals surface area contributed by atoms with Crippen LogP contribution in [-0.2, 0) is 16.0 Å². The maximum atomic E-state index is 12.1. The minimum atomic E-state index is -0.709. The summed E-state index contributed by atoms with van der Waals surface area (Å²) < 4.78 is 0. The molecule has 1 atom stereocenters. The molecule has 0 saturated carbocycles. The van der Waals surface area contributed by atoms with E-state index >= 15 is 0 Å². The van der Waals surface area contributed by atoms with E-state index in [1.807, 2.05) is 0 Å². The summed E-state index contributed by atoms with van der Waals surface area (Å²) in [4.78, 5) is 26.3. The van der Waals surface area contributed by atoms with Crippen LogP contribution in [0.3, 0.4) is 0 Å². The number of nitrogens with two attached hydrogens (primary N) is 1. The third-order valence-electron chi connectivity index (χ3n) is 2.96. The Bertz CT molecular complexity index is 471. The number of phenolic OH excluding ortho intramolecular Hbond substituents is 1. The predicted octanol–water partition coefficient (Wildman–Crippen LogP) is -0.191. The molecule has 0 saturated heterocycles. The molecule has 0 bridgehead atoms. The fourth-order valence-electron chi connectivity index (χ4n) is 1.68. The van der Waals surface area contributed by atoms with Gasteiger partial charge in [0, 0.05) is 21.1 Å². The zero-order valence-electron chi connectivity index (χ0n) is 12.0. The monoisotopic (exact) mass is 279 g/mol. The summed E-state index contributed by atoms with van der Waals surface area (Å²) >= 11 is 0. The standard InChI is InChI=1S/C14H21N3O3/c1-16(2)13(19)9-17(3)14(20)12(15)8-10-4-6-11(18)7-5-10/h4-7,12,18H,8-9,15H2,1-3H3. The Hall–Kier alpha value is -2.08. The highest BCUT2D eigenvalue weighted by molar-refractivity contribution is 5.87. The van der Waals surface area contributed by atoms with E-state index < -0.39 is 6.04 Å². The van der Waals surface area contributed by atoms with Crippen LogP contribution in [-0.4, -0.2) is 60.5 Å². The van der Waals surface area contributed by atoms with Gasteiger partial charge in [-0.3, -0.25) is 9.59 Å². The smallest absolute Gasteiger partial charge is 0.241 e. The molecule has 1 rings (SSSR count). The Kier molecular flexibility index (Phi) is 5.52. The van der Waals surface area contributed by atoms with Crippen molar-refractivity contribution in [2.45, 2.75) is 12.5 Å². The van der Waals surface area contributed by atoms with Gasteiger partial charge in [-0.05, 0) is 24.1 Å². The van der Waals surface area contributed by atoms with Gasteiger partial charge in [-0.15, -0.1) is 0 Å². The van der Waals surface area contributed by atoms with Crippen molar-refractivity contribution < 1.29 is 14.7 Å². The molecule has 6 heteroatoms. The molecule has 20 heavy (non-hydrogen) atoms. The highest BCUT2D eigenvalue weighted by atomic mass is 16.3. The number of phenols is 1. The summed E-state index contributed by atoms with van der Waals surface area (Å²) in [5.74, 6) is -0.270. The molecule has 6 nitrogen and oxygen atoms in total. The van der Waals surface area contributed by atoms with Crippen LogP contribution in [0.2, 0.25) is 0 Å².